The van der Waals surface area contributed by atoms with Crippen molar-refractivity contribution in [1.29, 1.82) is 0 Å². The van der Waals surface area contributed by atoms with Crippen LogP contribution in [0, 0.1) is 0 Å². The average molecular weight is 263 g/mol. The zero-order valence-electron chi connectivity index (χ0n) is 11.1. The second kappa shape index (κ2) is 6.71. The summed E-state index contributed by atoms with van der Waals surface area (Å²) in [5.41, 5.74) is 0. The molecule has 0 amide bonds. The number of nitrogens with zero attached hydrogens (tertiary/aromatic N) is 2. The molecule has 98 valence electrons. The van der Waals surface area contributed by atoms with Crippen LogP contribution in [0.3, 0.4) is 0 Å². The van der Waals surface area contributed by atoms with E-state index in [1.165, 1.54) is 4.88 Å². The van der Waals surface area contributed by atoms with Gasteiger partial charge in [-0.25, -0.2) is 4.98 Å². The maximum absolute atomic E-state index is 4.55. The van der Waals surface area contributed by atoms with Gasteiger partial charge < -0.3 is 9.88 Å². The molecule has 0 aliphatic heterocycles. The lowest BCUT2D eigenvalue weighted by molar-refractivity contribution is 0.535. The van der Waals surface area contributed by atoms with Crippen molar-refractivity contribution in [3.8, 4) is 0 Å². The normalized spacial score (nSPS) is 12.8. The highest BCUT2D eigenvalue weighted by Crippen LogP contribution is 2.25. The molecular formula is C14H21N3S. The number of aryl methyl sites for hydroxylation is 1. The van der Waals surface area contributed by atoms with E-state index in [2.05, 4.69) is 52.4 Å². The minimum Gasteiger partial charge on any atom is -0.333 e. The fraction of sp³-hybridized carbons (Fsp3) is 0.500. The number of aromatic nitrogens is 2. The number of hydrogen-bond donors (Lipinski definition) is 1. The van der Waals surface area contributed by atoms with Crippen molar-refractivity contribution in [2.75, 3.05) is 6.54 Å². The summed E-state index contributed by atoms with van der Waals surface area (Å²) in [4.78, 5) is 5.89. The van der Waals surface area contributed by atoms with Crippen LogP contribution in [-0.2, 0) is 6.54 Å². The molecule has 4 heteroatoms. The van der Waals surface area contributed by atoms with E-state index in [9.17, 15) is 0 Å². The summed E-state index contributed by atoms with van der Waals surface area (Å²) in [7, 11) is 0. The summed E-state index contributed by atoms with van der Waals surface area (Å²) in [6, 6.07) is 4.52. The Bertz CT molecular complexity index is 447. The van der Waals surface area contributed by atoms with E-state index in [0.29, 0.717) is 0 Å². The van der Waals surface area contributed by atoms with Gasteiger partial charge in [0, 0.05) is 23.8 Å². The standard InChI is InChI=1S/C14H21N3S/c1-3-7-15-13(12-6-5-11-18-12)14-16-8-10-17(14)9-4-2/h5-6,8,10-11,13,15H,3-4,7,9H2,1-2H3. The molecule has 2 aromatic rings. The van der Waals surface area contributed by atoms with Gasteiger partial charge in [-0.05, 0) is 30.8 Å². The number of rotatable bonds is 7. The Labute approximate surface area is 113 Å². The van der Waals surface area contributed by atoms with Crippen molar-refractivity contribution in [3.05, 3.63) is 40.6 Å². The highest BCUT2D eigenvalue weighted by molar-refractivity contribution is 7.10. The molecule has 1 atom stereocenters. The van der Waals surface area contributed by atoms with E-state index in [0.717, 1.165) is 31.8 Å². The van der Waals surface area contributed by atoms with Crippen LogP contribution < -0.4 is 5.32 Å². The zero-order valence-corrected chi connectivity index (χ0v) is 11.9. The molecule has 2 aromatic heterocycles. The molecule has 0 fully saturated rings. The van der Waals surface area contributed by atoms with Gasteiger partial charge in [0.05, 0.1) is 0 Å². The summed E-state index contributed by atoms with van der Waals surface area (Å²) in [5, 5.41) is 5.73. The van der Waals surface area contributed by atoms with Gasteiger partial charge in [0.1, 0.15) is 11.9 Å². The van der Waals surface area contributed by atoms with E-state index < -0.39 is 0 Å². The Morgan fingerprint density at radius 2 is 2.28 bits per heavy atom. The van der Waals surface area contributed by atoms with Crippen molar-refractivity contribution in [2.45, 2.75) is 39.3 Å². The molecule has 0 saturated heterocycles. The van der Waals surface area contributed by atoms with Crippen LogP contribution in [0.4, 0.5) is 0 Å². The van der Waals surface area contributed by atoms with Crippen molar-refractivity contribution in [2.24, 2.45) is 0 Å². The zero-order chi connectivity index (χ0) is 12.8. The van der Waals surface area contributed by atoms with Gasteiger partial charge in [-0.2, -0.15) is 0 Å². The monoisotopic (exact) mass is 263 g/mol. The van der Waals surface area contributed by atoms with E-state index in [1.54, 1.807) is 11.3 Å². The molecule has 0 aliphatic carbocycles. The molecule has 0 spiro atoms. The first kappa shape index (κ1) is 13.3. The van der Waals surface area contributed by atoms with Crippen LogP contribution in [0.25, 0.3) is 0 Å². The molecule has 1 unspecified atom stereocenters. The topological polar surface area (TPSA) is 29.9 Å². The van der Waals surface area contributed by atoms with Gasteiger partial charge >= 0.3 is 0 Å². The molecule has 18 heavy (non-hydrogen) atoms. The quantitative estimate of drug-likeness (QED) is 0.829. The maximum Gasteiger partial charge on any atom is 0.131 e. The Morgan fingerprint density at radius 1 is 1.39 bits per heavy atom. The molecule has 0 aromatic carbocycles. The largest absolute Gasteiger partial charge is 0.333 e. The number of nitrogens with one attached hydrogen (secondary N) is 1. The highest BCUT2D eigenvalue weighted by atomic mass is 32.1. The minimum absolute atomic E-state index is 0.228. The third-order valence-electron chi connectivity index (χ3n) is 2.90. The highest BCUT2D eigenvalue weighted by Gasteiger charge is 2.18. The van der Waals surface area contributed by atoms with Gasteiger partial charge in [0.15, 0.2) is 0 Å². The van der Waals surface area contributed by atoms with Gasteiger partial charge in [0.2, 0.25) is 0 Å². The van der Waals surface area contributed by atoms with Gasteiger partial charge in [-0.3, -0.25) is 0 Å². The number of thiophene rings is 1. The smallest absolute Gasteiger partial charge is 0.131 e. The van der Waals surface area contributed by atoms with Crippen molar-refractivity contribution in [1.82, 2.24) is 14.9 Å². The Morgan fingerprint density at radius 3 is 2.94 bits per heavy atom. The third kappa shape index (κ3) is 3.00. The van der Waals surface area contributed by atoms with Crippen LogP contribution in [0.15, 0.2) is 29.9 Å². The average Bonchev–Trinajstić information content (AvgIpc) is 3.02. The molecule has 3 nitrogen and oxygen atoms in total. The van der Waals surface area contributed by atoms with Crippen LogP contribution in [0.5, 0.6) is 0 Å². The molecular weight excluding hydrogens is 242 g/mol. The number of imidazole rings is 1. The molecule has 0 radical (unpaired) electrons. The van der Waals surface area contributed by atoms with Crippen molar-refractivity contribution < 1.29 is 0 Å². The molecule has 1 N–H and O–H groups in total. The lowest BCUT2D eigenvalue weighted by Crippen LogP contribution is -2.25. The van der Waals surface area contributed by atoms with E-state index in [1.807, 2.05) is 6.20 Å². The minimum atomic E-state index is 0.228. The second-order valence-electron chi connectivity index (χ2n) is 4.38. The summed E-state index contributed by atoms with van der Waals surface area (Å²) in [5.74, 6) is 1.13. The molecule has 0 aliphatic rings. The first-order valence-corrected chi connectivity index (χ1v) is 7.52. The maximum atomic E-state index is 4.55. The number of hydrogen-bond acceptors (Lipinski definition) is 3. The predicted octanol–water partition coefficient (Wildman–Crippen LogP) is 3.44. The SMILES string of the molecule is CCCNC(c1cccs1)c1nccn1CCC. The third-order valence-corrected chi connectivity index (χ3v) is 3.83. The molecule has 0 bridgehead atoms. The van der Waals surface area contributed by atoms with Crippen LogP contribution in [0.1, 0.15) is 43.4 Å². The lowest BCUT2D eigenvalue weighted by Gasteiger charge is -2.18. The first-order valence-electron chi connectivity index (χ1n) is 6.64. The van der Waals surface area contributed by atoms with E-state index >= 15 is 0 Å². The summed E-state index contributed by atoms with van der Waals surface area (Å²) >= 11 is 1.79. The summed E-state index contributed by atoms with van der Waals surface area (Å²) in [6.07, 6.45) is 6.25. The molecule has 0 saturated carbocycles. The fourth-order valence-corrected chi connectivity index (χ4v) is 2.87. The van der Waals surface area contributed by atoms with Crippen molar-refractivity contribution >= 4 is 11.3 Å². The van der Waals surface area contributed by atoms with Gasteiger partial charge in [-0.15, -0.1) is 11.3 Å². The predicted molar refractivity (Wildman–Crippen MR) is 77.0 cm³/mol. The second-order valence-corrected chi connectivity index (χ2v) is 5.36. The van der Waals surface area contributed by atoms with Crippen LogP contribution in [0.2, 0.25) is 0 Å². The summed E-state index contributed by atoms with van der Waals surface area (Å²) < 4.78 is 2.26. The molecule has 2 rings (SSSR count). The Balaban J connectivity index is 2.24. The fourth-order valence-electron chi connectivity index (χ4n) is 2.07. The van der Waals surface area contributed by atoms with Gasteiger partial charge in [-0.1, -0.05) is 19.9 Å². The Kier molecular flexibility index (Phi) is 4.96. The van der Waals surface area contributed by atoms with E-state index in [4.69, 9.17) is 0 Å². The van der Waals surface area contributed by atoms with E-state index in [-0.39, 0.29) is 6.04 Å². The van der Waals surface area contributed by atoms with Crippen LogP contribution >= 0.6 is 11.3 Å². The van der Waals surface area contributed by atoms with Crippen LogP contribution in [-0.4, -0.2) is 16.1 Å². The molecule has 2 heterocycles. The lowest BCUT2D eigenvalue weighted by atomic mass is 10.2. The van der Waals surface area contributed by atoms with Crippen molar-refractivity contribution in [3.63, 3.8) is 0 Å². The van der Waals surface area contributed by atoms with Gasteiger partial charge in [0.25, 0.3) is 0 Å². The summed E-state index contributed by atoms with van der Waals surface area (Å²) in [6.45, 7) is 6.44. The Hall–Kier alpha value is -1.13. The first-order chi connectivity index (χ1) is 8.86.